The first-order valence-corrected chi connectivity index (χ1v) is 5.21. The fourth-order valence-corrected chi connectivity index (χ4v) is 1.65. The number of halogens is 1. The summed E-state index contributed by atoms with van der Waals surface area (Å²) in [6, 6.07) is 6.35. The normalized spacial score (nSPS) is 18.7. The SMILES string of the molecule is Cc1ccc(C2=NOC(CN)C2)cc1C.Cl. The summed E-state index contributed by atoms with van der Waals surface area (Å²) in [6.45, 7) is 4.74. The van der Waals surface area contributed by atoms with E-state index in [4.69, 9.17) is 10.6 Å². The molecule has 4 heteroatoms. The fourth-order valence-electron chi connectivity index (χ4n) is 1.65. The zero-order chi connectivity index (χ0) is 10.8. The van der Waals surface area contributed by atoms with Crippen LogP contribution in [0.3, 0.4) is 0 Å². The lowest BCUT2D eigenvalue weighted by Gasteiger charge is -2.04. The number of benzene rings is 1. The second-order valence-corrected chi connectivity index (χ2v) is 4.00. The summed E-state index contributed by atoms with van der Waals surface area (Å²) in [5.74, 6) is 0. The highest BCUT2D eigenvalue weighted by atomic mass is 35.5. The minimum atomic E-state index is 0. The van der Waals surface area contributed by atoms with Crippen LogP contribution in [0.5, 0.6) is 0 Å². The van der Waals surface area contributed by atoms with E-state index in [1.165, 1.54) is 11.1 Å². The van der Waals surface area contributed by atoms with Gasteiger partial charge in [0.15, 0.2) is 0 Å². The van der Waals surface area contributed by atoms with Crippen molar-refractivity contribution in [3.63, 3.8) is 0 Å². The summed E-state index contributed by atoms with van der Waals surface area (Å²) in [4.78, 5) is 5.20. The van der Waals surface area contributed by atoms with Crippen LogP contribution >= 0.6 is 12.4 Å². The van der Waals surface area contributed by atoms with E-state index in [1.807, 2.05) is 0 Å². The van der Waals surface area contributed by atoms with Crippen molar-refractivity contribution in [1.82, 2.24) is 0 Å². The fraction of sp³-hybridized carbons (Fsp3) is 0.417. The molecular formula is C12H17ClN2O. The van der Waals surface area contributed by atoms with Gasteiger partial charge in [0.05, 0.1) is 5.71 Å². The average molecular weight is 241 g/mol. The Morgan fingerprint density at radius 2 is 2.12 bits per heavy atom. The standard InChI is InChI=1S/C12H16N2O.ClH/c1-8-3-4-10(5-9(8)2)12-6-11(7-13)15-14-12;/h3-5,11H,6-7,13H2,1-2H3;1H. The Kier molecular flexibility index (Phi) is 4.33. The zero-order valence-corrected chi connectivity index (χ0v) is 10.4. The summed E-state index contributed by atoms with van der Waals surface area (Å²) in [7, 11) is 0. The molecule has 0 aliphatic carbocycles. The minimum Gasteiger partial charge on any atom is -0.390 e. The Morgan fingerprint density at radius 1 is 1.38 bits per heavy atom. The van der Waals surface area contributed by atoms with E-state index in [0.717, 1.165) is 17.7 Å². The smallest absolute Gasteiger partial charge is 0.145 e. The third kappa shape index (κ3) is 2.54. The maximum Gasteiger partial charge on any atom is 0.145 e. The molecule has 2 rings (SSSR count). The molecule has 88 valence electrons. The first-order chi connectivity index (χ1) is 7.20. The highest BCUT2D eigenvalue weighted by molar-refractivity contribution is 6.01. The summed E-state index contributed by atoms with van der Waals surface area (Å²) < 4.78 is 0. The van der Waals surface area contributed by atoms with Crippen LogP contribution in [0.2, 0.25) is 0 Å². The van der Waals surface area contributed by atoms with Crippen LogP contribution in [-0.2, 0) is 4.84 Å². The largest absolute Gasteiger partial charge is 0.390 e. The molecule has 1 unspecified atom stereocenters. The molecule has 0 spiro atoms. The van der Waals surface area contributed by atoms with Gasteiger partial charge in [-0.15, -0.1) is 12.4 Å². The lowest BCUT2D eigenvalue weighted by molar-refractivity contribution is 0.0918. The van der Waals surface area contributed by atoms with Crippen molar-refractivity contribution in [3.05, 3.63) is 34.9 Å². The summed E-state index contributed by atoms with van der Waals surface area (Å²) in [6.07, 6.45) is 0.875. The number of nitrogens with zero attached hydrogens (tertiary/aromatic N) is 1. The van der Waals surface area contributed by atoms with Crippen LogP contribution in [0.25, 0.3) is 0 Å². The summed E-state index contributed by atoms with van der Waals surface area (Å²) in [5, 5.41) is 4.07. The molecule has 1 aromatic rings. The number of rotatable bonds is 2. The van der Waals surface area contributed by atoms with Crippen molar-refractivity contribution in [2.75, 3.05) is 6.54 Å². The Labute approximate surface area is 102 Å². The van der Waals surface area contributed by atoms with E-state index in [9.17, 15) is 0 Å². The molecule has 1 heterocycles. The second-order valence-electron chi connectivity index (χ2n) is 4.00. The predicted molar refractivity (Wildman–Crippen MR) is 68.2 cm³/mol. The van der Waals surface area contributed by atoms with Gasteiger partial charge in [0.25, 0.3) is 0 Å². The molecule has 1 aromatic carbocycles. The molecule has 1 aliphatic rings. The molecule has 16 heavy (non-hydrogen) atoms. The minimum absolute atomic E-state index is 0. The van der Waals surface area contributed by atoms with Gasteiger partial charge in [0.2, 0.25) is 0 Å². The van der Waals surface area contributed by atoms with Gasteiger partial charge in [0.1, 0.15) is 6.10 Å². The maximum absolute atomic E-state index is 5.53. The van der Waals surface area contributed by atoms with Gasteiger partial charge in [0, 0.05) is 13.0 Å². The van der Waals surface area contributed by atoms with Crippen LogP contribution in [0.15, 0.2) is 23.4 Å². The Morgan fingerprint density at radius 3 is 2.69 bits per heavy atom. The number of aryl methyl sites for hydroxylation is 2. The molecule has 0 aromatic heterocycles. The topological polar surface area (TPSA) is 47.6 Å². The second kappa shape index (κ2) is 5.32. The summed E-state index contributed by atoms with van der Waals surface area (Å²) >= 11 is 0. The molecule has 1 aliphatic heterocycles. The van der Waals surface area contributed by atoms with Gasteiger partial charge in [-0.2, -0.15) is 0 Å². The van der Waals surface area contributed by atoms with Gasteiger partial charge in [-0.05, 0) is 36.6 Å². The van der Waals surface area contributed by atoms with Gasteiger partial charge >= 0.3 is 0 Å². The third-order valence-electron chi connectivity index (χ3n) is 2.84. The van der Waals surface area contributed by atoms with Crippen molar-refractivity contribution in [3.8, 4) is 0 Å². The van der Waals surface area contributed by atoms with Gasteiger partial charge in [-0.25, -0.2) is 0 Å². The molecule has 0 bridgehead atoms. The van der Waals surface area contributed by atoms with Crippen LogP contribution in [0.4, 0.5) is 0 Å². The van der Waals surface area contributed by atoms with E-state index in [0.29, 0.717) is 6.54 Å². The van der Waals surface area contributed by atoms with Gasteiger partial charge in [-0.3, -0.25) is 0 Å². The van der Waals surface area contributed by atoms with Gasteiger partial charge in [-0.1, -0.05) is 17.3 Å². The van der Waals surface area contributed by atoms with Crippen molar-refractivity contribution in [1.29, 1.82) is 0 Å². The first kappa shape index (κ1) is 13.0. The van der Waals surface area contributed by atoms with Gasteiger partial charge < -0.3 is 10.6 Å². The monoisotopic (exact) mass is 240 g/mol. The molecule has 0 saturated carbocycles. The molecule has 1 atom stereocenters. The number of hydrogen-bond donors (Lipinski definition) is 1. The highest BCUT2D eigenvalue weighted by Crippen LogP contribution is 2.18. The number of hydrogen-bond acceptors (Lipinski definition) is 3. The lowest BCUT2D eigenvalue weighted by Crippen LogP contribution is -2.20. The number of nitrogens with two attached hydrogens (primary N) is 1. The van der Waals surface area contributed by atoms with Crippen molar-refractivity contribution in [2.24, 2.45) is 10.9 Å². The van der Waals surface area contributed by atoms with Crippen LogP contribution in [0.1, 0.15) is 23.1 Å². The Hall–Kier alpha value is -1.06. The molecule has 2 N–H and O–H groups in total. The molecule has 0 amide bonds. The van der Waals surface area contributed by atoms with E-state index >= 15 is 0 Å². The Bertz CT molecular complexity index is 404. The maximum atomic E-state index is 5.53. The van der Waals surface area contributed by atoms with Crippen molar-refractivity contribution in [2.45, 2.75) is 26.4 Å². The quantitative estimate of drug-likeness (QED) is 0.861. The predicted octanol–water partition coefficient (Wildman–Crippen LogP) is 2.18. The van der Waals surface area contributed by atoms with Crippen molar-refractivity contribution >= 4 is 18.1 Å². The summed E-state index contributed by atoms with van der Waals surface area (Å²) in [5.41, 5.74) is 10.3. The van der Waals surface area contributed by atoms with Crippen molar-refractivity contribution < 1.29 is 4.84 Å². The molecule has 3 nitrogen and oxygen atoms in total. The zero-order valence-electron chi connectivity index (χ0n) is 9.56. The molecule has 0 fully saturated rings. The highest BCUT2D eigenvalue weighted by Gasteiger charge is 2.20. The number of oxime groups is 1. The third-order valence-corrected chi connectivity index (χ3v) is 2.84. The van der Waals surface area contributed by atoms with Crippen LogP contribution in [0, 0.1) is 13.8 Å². The van der Waals surface area contributed by atoms with E-state index in [1.54, 1.807) is 0 Å². The molecular weight excluding hydrogens is 224 g/mol. The van der Waals surface area contributed by atoms with E-state index in [-0.39, 0.29) is 18.5 Å². The average Bonchev–Trinajstić information content (AvgIpc) is 2.70. The van der Waals surface area contributed by atoms with E-state index in [2.05, 4.69) is 37.2 Å². The molecule has 0 radical (unpaired) electrons. The van der Waals surface area contributed by atoms with Crippen LogP contribution in [-0.4, -0.2) is 18.4 Å². The van der Waals surface area contributed by atoms with E-state index < -0.39 is 0 Å². The lowest BCUT2D eigenvalue weighted by atomic mass is 10.0. The first-order valence-electron chi connectivity index (χ1n) is 5.21. The van der Waals surface area contributed by atoms with Crippen LogP contribution < -0.4 is 5.73 Å². The molecule has 0 saturated heterocycles. The Balaban J connectivity index is 0.00000128.